The zero-order chi connectivity index (χ0) is 9.78. The second-order valence-electron chi connectivity index (χ2n) is 2.78. The first-order valence-corrected chi connectivity index (χ1v) is 5.20. The molecule has 0 aliphatic heterocycles. The predicted molar refractivity (Wildman–Crippen MR) is 43.7 cm³/mol. The third kappa shape index (κ3) is 8.17. The Bertz CT molecular complexity index is 163. The molecule has 74 valence electrons. The van der Waals surface area contributed by atoms with E-state index >= 15 is 0 Å². The van der Waals surface area contributed by atoms with Crippen LogP contribution in [0.2, 0.25) is 0 Å². The van der Waals surface area contributed by atoms with Gasteiger partial charge in [-0.2, -0.15) is 0 Å². The minimum atomic E-state index is -4.34. The maximum Gasteiger partial charge on any atom is 0.469 e. The standard InChI is InChI=1S/C6H15O5P/c1-5(2)11-6(3)4-10-12(7,8)9/h5-6H,4H2,1-3H3,(H2,7,8,9). The third-order valence-electron chi connectivity index (χ3n) is 0.982. The largest absolute Gasteiger partial charge is 0.469 e. The molecule has 12 heavy (non-hydrogen) atoms. The van der Waals surface area contributed by atoms with Crippen molar-refractivity contribution in [2.75, 3.05) is 6.61 Å². The Labute approximate surface area is 71.9 Å². The number of hydrogen-bond acceptors (Lipinski definition) is 3. The van der Waals surface area contributed by atoms with Gasteiger partial charge in [0.25, 0.3) is 0 Å². The Balaban J connectivity index is 3.58. The van der Waals surface area contributed by atoms with Crippen molar-refractivity contribution < 1.29 is 23.6 Å². The molecule has 0 amide bonds. The molecule has 0 aromatic heterocycles. The fourth-order valence-corrected chi connectivity index (χ4v) is 1.11. The summed E-state index contributed by atoms with van der Waals surface area (Å²) in [6.45, 7) is 5.28. The van der Waals surface area contributed by atoms with Crippen LogP contribution in [0.3, 0.4) is 0 Å². The molecule has 1 unspecified atom stereocenters. The van der Waals surface area contributed by atoms with Crippen LogP contribution in [0, 0.1) is 0 Å². The van der Waals surface area contributed by atoms with E-state index in [0.29, 0.717) is 0 Å². The molecule has 0 saturated carbocycles. The van der Waals surface area contributed by atoms with Crippen LogP contribution in [-0.2, 0) is 13.8 Å². The van der Waals surface area contributed by atoms with E-state index in [0.717, 1.165) is 0 Å². The van der Waals surface area contributed by atoms with Crippen LogP contribution in [0.4, 0.5) is 0 Å². The van der Waals surface area contributed by atoms with E-state index in [1.165, 1.54) is 0 Å². The van der Waals surface area contributed by atoms with Gasteiger partial charge in [-0.05, 0) is 20.8 Å². The normalized spacial score (nSPS) is 15.2. The fourth-order valence-electron chi connectivity index (χ4n) is 0.706. The molecule has 0 rings (SSSR count). The Morgan fingerprint density at radius 3 is 2.17 bits per heavy atom. The molecule has 6 heteroatoms. The van der Waals surface area contributed by atoms with E-state index < -0.39 is 7.82 Å². The van der Waals surface area contributed by atoms with Crippen LogP contribution in [0.25, 0.3) is 0 Å². The van der Waals surface area contributed by atoms with Gasteiger partial charge in [0.2, 0.25) is 0 Å². The van der Waals surface area contributed by atoms with Gasteiger partial charge in [0, 0.05) is 0 Å². The van der Waals surface area contributed by atoms with Gasteiger partial charge in [0.15, 0.2) is 0 Å². The molecule has 0 heterocycles. The highest BCUT2D eigenvalue weighted by atomic mass is 31.2. The molecule has 0 fully saturated rings. The summed E-state index contributed by atoms with van der Waals surface area (Å²) >= 11 is 0. The van der Waals surface area contributed by atoms with Crippen molar-refractivity contribution in [1.82, 2.24) is 0 Å². The van der Waals surface area contributed by atoms with E-state index in [9.17, 15) is 4.57 Å². The van der Waals surface area contributed by atoms with E-state index in [2.05, 4.69) is 4.52 Å². The first-order valence-electron chi connectivity index (χ1n) is 3.67. The monoisotopic (exact) mass is 198 g/mol. The molecular formula is C6H15O5P. The Kier molecular flexibility index (Phi) is 4.97. The summed E-state index contributed by atoms with van der Waals surface area (Å²) in [7, 11) is -4.34. The van der Waals surface area contributed by atoms with E-state index in [-0.39, 0.29) is 18.8 Å². The van der Waals surface area contributed by atoms with Crippen molar-refractivity contribution in [1.29, 1.82) is 0 Å². The molecule has 2 N–H and O–H groups in total. The quantitative estimate of drug-likeness (QED) is 0.642. The second-order valence-corrected chi connectivity index (χ2v) is 4.02. The first-order chi connectivity index (χ1) is 5.31. The van der Waals surface area contributed by atoms with Gasteiger partial charge < -0.3 is 14.5 Å². The fraction of sp³-hybridized carbons (Fsp3) is 1.00. The van der Waals surface area contributed by atoms with Crippen molar-refractivity contribution >= 4 is 7.82 Å². The molecule has 0 spiro atoms. The molecule has 0 aromatic carbocycles. The lowest BCUT2D eigenvalue weighted by Crippen LogP contribution is -2.19. The lowest BCUT2D eigenvalue weighted by atomic mass is 10.4. The van der Waals surface area contributed by atoms with Crippen LogP contribution in [-0.4, -0.2) is 28.6 Å². The zero-order valence-corrected chi connectivity index (χ0v) is 8.32. The van der Waals surface area contributed by atoms with E-state index in [1.807, 2.05) is 13.8 Å². The second kappa shape index (κ2) is 4.94. The molecule has 0 aromatic rings. The minimum Gasteiger partial charge on any atom is -0.373 e. The van der Waals surface area contributed by atoms with Gasteiger partial charge in [-0.1, -0.05) is 0 Å². The summed E-state index contributed by atoms with van der Waals surface area (Å²) in [6.07, 6.45) is -0.280. The number of phosphoric ester groups is 1. The highest BCUT2D eigenvalue weighted by Crippen LogP contribution is 2.35. The predicted octanol–water partition coefficient (Wildman–Crippen LogP) is 0.909. The smallest absolute Gasteiger partial charge is 0.373 e. The summed E-state index contributed by atoms with van der Waals surface area (Å²) in [5.74, 6) is 0. The number of ether oxygens (including phenoxy) is 1. The average molecular weight is 198 g/mol. The van der Waals surface area contributed by atoms with Crippen LogP contribution in [0.5, 0.6) is 0 Å². The molecule has 0 saturated heterocycles. The minimum absolute atomic E-state index is 0.0281. The maximum atomic E-state index is 10.2. The molecule has 1 atom stereocenters. The SMILES string of the molecule is CC(C)OC(C)COP(=O)(O)O. The van der Waals surface area contributed by atoms with Crippen LogP contribution >= 0.6 is 7.82 Å². The Hall–Kier alpha value is 0.0700. The number of rotatable bonds is 5. The number of phosphoric acid groups is 1. The summed E-state index contributed by atoms with van der Waals surface area (Å²) in [4.78, 5) is 16.7. The van der Waals surface area contributed by atoms with E-state index in [4.69, 9.17) is 14.5 Å². The van der Waals surface area contributed by atoms with Crippen LogP contribution in [0.15, 0.2) is 0 Å². The summed E-state index contributed by atoms with van der Waals surface area (Å²) < 4.78 is 19.6. The zero-order valence-electron chi connectivity index (χ0n) is 7.43. The Morgan fingerprint density at radius 1 is 1.33 bits per heavy atom. The third-order valence-corrected chi connectivity index (χ3v) is 1.47. The molecule has 0 aliphatic carbocycles. The summed E-state index contributed by atoms with van der Waals surface area (Å²) in [5, 5.41) is 0. The van der Waals surface area contributed by atoms with Crippen molar-refractivity contribution in [2.45, 2.75) is 33.0 Å². The van der Waals surface area contributed by atoms with Crippen LogP contribution < -0.4 is 0 Å². The first kappa shape index (κ1) is 12.1. The average Bonchev–Trinajstić information content (AvgIpc) is 1.80. The van der Waals surface area contributed by atoms with Gasteiger partial charge in [0.1, 0.15) is 0 Å². The topological polar surface area (TPSA) is 76.0 Å². The molecule has 0 radical (unpaired) electrons. The maximum absolute atomic E-state index is 10.2. The molecule has 0 aliphatic rings. The van der Waals surface area contributed by atoms with Crippen molar-refractivity contribution in [3.8, 4) is 0 Å². The lowest BCUT2D eigenvalue weighted by molar-refractivity contribution is -0.0121. The molecule has 5 nitrogen and oxygen atoms in total. The van der Waals surface area contributed by atoms with Crippen molar-refractivity contribution in [3.05, 3.63) is 0 Å². The lowest BCUT2D eigenvalue weighted by Gasteiger charge is -2.15. The van der Waals surface area contributed by atoms with Gasteiger partial charge in [-0.3, -0.25) is 4.52 Å². The van der Waals surface area contributed by atoms with Gasteiger partial charge in [-0.15, -0.1) is 0 Å². The molecule has 0 bridgehead atoms. The van der Waals surface area contributed by atoms with Gasteiger partial charge in [-0.25, -0.2) is 4.57 Å². The van der Waals surface area contributed by atoms with Gasteiger partial charge in [0.05, 0.1) is 18.8 Å². The number of hydrogen-bond donors (Lipinski definition) is 2. The summed E-state index contributed by atoms with van der Waals surface area (Å²) in [5.41, 5.74) is 0. The summed E-state index contributed by atoms with van der Waals surface area (Å²) in [6, 6.07) is 0. The van der Waals surface area contributed by atoms with Crippen LogP contribution in [0.1, 0.15) is 20.8 Å². The highest BCUT2D eigenvalue weighted by Gasteiger charge is 2.16. The molecular weight excluding hydrogens is 183 g/mol. The van der Waals surface area contributed by atoms with Crippen molar-refractivity contribution in [2.24, 2.45) is 0 Å². The van der Waals surface area contributed by atoms with E-state index in [1.54, 1.807) is 6.92 Å². The van der Waals surface area contributed by atoms with Gasteiger partial charge >= 0.3 is 7.82 Å². The Morgan fingerprint density at radius 2 is 1.83 bits per heavy atom. The highest BCUT2D eigenvalue weighted by molar-refractivity contribution is 7.46. The van der Waals surface area contributed by atoms with Crippen molar-refractivity contribution in [3.63, 3.8) is 0 Å².